The lowest BCUT2D eigenvalue weighted by molar-refractivity contribution is -0.939. The number of rotatable bonds is 9. The fraction of sp³-hybridized carbons (Fsp3) is 0.565. The standard InChI is InChI=1S/C23H28N6O7S2/c1-36-15(16-26-22(24)38-27-16)17(30)25-13-18(31)28-14(20(32)33)12(11-37-19(13)28)3-2-7-29-8-4-23(5-9-29,6-10-29)21(34)35/h2-3,13,15,19H,4-11H2,1H3,(H4-,24,25,26,27,30,32,33,34,35)/b3-2+/t13-,15?,19+,23?,29?/m1/s1. The molecule has 2 bridgehead atoms. The largest absolute Gasteiger partial charge is 0.543 e. The third-order valence-electron chi connectivity index (χ3n) is 8.11. The quantitative estimate of drug-likeness (QED) is 0.243. The van der Waals surface area contributed by atoms with Gasteiger partial charge in [0.25, 0.3) is 11.8 Å². The number of methoxy groups -OCH3 is 1. The zero-order valence-electron chi connectivity index (χ0n) is 20.6. The summed E-state index contributed by atoms with van der Waals surface area (Å²) in [5.74, 6) is -2.95. The summed E-state index contributed by atoms with van der Waals surface area (Å²) in [6.07, 6.45) is 4.42. The number of nitrogens with zero attached hydrogens (tertiary/aromatic N) is 4. The Morgan fingerprint density at radius 3 is 2.58 bits per heavy atom. The van der Waals surface area contributed by atoms with Crippen LogP contribution in [0.2, 0.25) is 0 Å². The van der Waals surface area contributed by atoms with Crippen LogP contribution in [0.5, 0.6) is 0 Å². The number of ether oxygens (including phenoxy) is 1. The van der Waals surface area contributed by atoms with Crippen LogP contribution < -0.4 is 16.2 Å². The van der Waals surface area contributed by atoms with Crippen LogP contribution in [0, 0.1) is 5.41 Å². The van der Waals surface area contributed by atoms with Crippen LogP contribution in [0.4, 0.5) is 5.13 Å². The highest BCUT2D eigenvalue weighted by Gasteiger charge is 2.54. The highest BCUT2D eigenvalue weighted by Crippen LogP contribution is 2.44. The van der Waals surface area contributed by atoms with Crippen molar-refractivity contribution in [1.82, 2.24) is 19.6 Å². The number of nitrogens with two attached hydrogens (primary N) is 1. The summed E-state index contributed by atoms with van der Waals surface area (Å²) in [4.78, 5) is 54.6. The summed E-state index contributed by atoms with van der Waals surface area (Å²) >= 11 is 2.26. The topological polar surface area (TPSA) is 188 Å². The monoisotopic (exact) mass is 564 g/mol. The van der Waals surface area contributed by atoms with Crippen LogP contribution in [0.25, 0.3) is 0 Å². The number of β-lactam (4-membered cyclic amide) rings is 1. The molecule has 15 heteroatoms. The summed E-state index contributed by atoms with van der Waals surface area (Å²) in [5, 5.41) is 23.9. The number of allylic oxidation sites excluding steroid dienone is 1. The molecule has 0 aromatic carbocycles. The summed E-state index contributed by atoms with van der Waals surface area (Å²) in [6, 6.07) is -0.935. The van der Waals surface area contributed by atoms with E-state index in [1.165, 1.54) is 18.9 Å². The number of carboxylic acid groups (broad SMARTS) is 2. The van der Waals surface area contributed by atoms with Gasteiger partial charge in [0, 0.05) is 43.7 Å². The van der Waals surface area contributed by atoms with Crippen LogP contribution >= 0.6 is 23.3 Å². The maximum Gasteiger partial charge on any atom is 0.310 e. The summed E-state index contributed by atoms with van der Waals surface area (Å²) in [7, 11) is 1.31. The van der Waals surface area contributed by atoms with Gasteiger partial charge in [0.15, 0.2) is 17.1 Å². The van der Waals surface area contributed by atoms with Crippen molar-refractivity contribution < 1.29 is 38.6 Å². The molecular weight excluding hydrogens is 536 g/mol. The Kier molecular flexibility index (Phi) is 6.96. The van der Waals surface area contributed by atoms with E-state index in [1.807, 2.05) is 6.08 Å². The number of hydrogen-bond donors (Lipinski definition) is 3. The first-order valence-corrected chi connectivity index (χ1v) is 14.0. The molecule has 0 radical (unpaired) electrons. The smallest absolute Gasteiger partial charge is 0.310 e. The molecule has 204 valence electrons. The molecule has 6 heterocycles. The van der Waals surface area contributed by atoms with E-state index in [0.717, 1.165) is 40.5 Å². The van der Waals surface area contributed by atoms with Gasteiger partial charge in [0.1, 0.15) is 11.4 Å². The molecule has 4 saturated heterocycles. The van der Waals surface area contributed by atoms with Gasteiger partial charge in [-0.25, -0.2) is 4.98 Å². The van der Waals surface area contributed by atoms with E-state index in [9.17, 15) is 29.4 Å². The molecule has 1 unspecified atom stereocenters. The number of aliphatic carboxylic acids is 2. The Hall–Kier alpha value is -3.01. The van der Waals surface area contributed by atoms with Gasteiger partial charge >= 0.3 is 5.97 Å². The van der Waals surface area contributed by atoms with Gasteiger partial charge in [-0.3, -0.25) is 19.3 Å². The van der Waals surface area contributed by atoms with Crippen molar-refractivity contribution in [2.24, 2.45) is 5.41 Å². The molecule has 1 aromatic heterocycles. The Morgan fingerprint density at radius 2 is 2.03 bits per heavy atom. The average Bonchev–Trinajstić information content (AvgIpc) is 3.33. The number of amides is 2. The van der Waals surface area contributed by atoms with E-state index >= 15 is 0 Å². The number of nitrogens with one attached hydrogen (secondary N) is 1. The molecular formula is C23H28N6O7S2. The Bertz CT molecular complexity index is 1220. The van der Waals surface area contributed by atoms with E-state index in [4.69, 9.17) is 10.5 Å². The third-order valence-corrected chi connectivity index (χ3v) is 9.97. The van der Waals surface area contributed by atoms with Crippen molar-refractivity contribution >= 4 is 52.2 Å². The minimum atomic E-state index is -1.46. The molecule has 0 spiro atoms. The first-order chi connectivity index (χ1) is 18.1. The molecule has 5 aliphatic rings. The number of carbonyl (C=O) groups is 4. The molecule has 13 nitrogen and oxygen atoms in total. The predicted molar refractivity (Wildman–Crippen MR) is 134 cm³/mol. The van der Waals surface area contributed by atoms with Crippen molar-refractivity contribution in [3.63, 3.8) is 0 Å². The number of aromatic nitrogens is 2. The number of quaternary nitrogens is 1. The molecule has 5 aliphatic heterocycles. The van der Waals surface area contributed by atoms with Crippen molar-refractivity contribution in [3.05, 3.63) is 29.2 Å². The Morgan fingerprint density at radius 1 is 1.34 bits per heavy atom. The van der Waals surface area contributed by atoms with Crippen molar-refractivity contribution in [2.45, 2.75) is 36.8 Å². The molecule has 1 aromatic rings. The number of piperidine rings is 3. The lowest BCUT2D eigenvalue weighted by Gasteiger charge is -2.52. The second-order valence-corrected chi connectivity index (χ2v) is 12.0. The van der Waals surface area contributed by atoms with Gasteiger partial charge < -0.3 is 35.3 Å². The second kappa shape index (κ2) is 9.94. The molecule has 0 saturated carbocycles. The summed E-state index contributed by atoms with van der Waals surface area (Å²) in [6.45, 7) is 2.99. The number of thioether (sulfide) groups is 1. The van der Waals surface area contributed by atoms with E-state index in [2.05, 4.69) is 14.7 Å². The van der Waals surface area contributed by atoms with Crippen molar-refractivity contribution in [2.75, 3.05) is 44.8 Å². The van der Waals surface area contributed by atoms with Gasteiger partial charge in [-0.15, -0.1) is 11.8 Å². The zero-order valence-corrected chi connectivity index (χ0v) is 22.3. The number of carbonyl (C=O) groups excluding carboxylic acids is 3. The fourth-order valence-corrected chi connectivity index (χ4v) is 7.53. The molecule has 2 amide bonds. The lowest BCUT2D eigenvalue weighted by atomic mass is 9.70. The Labute approximate surface area is 226 Å². The van der Waals surface area contributed by atoms with Crippen LogP contribution in [0.1, 0.15) is 31.2 Å². The molecule has 3 atom stereocenters. The van der Waals surface area contributed by atoms with Gasteiger partial charge in [-0.05, 0) is 11.6 Å². The maximum absolute atomic E-state index is 13.0. The first-order valence-electron chi connectivity index (χ1n) is 12.2. The van der Waals surface area contributed by atoms with Gasteiger partial charge in [0.05, 0.1) is 43.3 Å². The molecule has 4 fully saturated rings. The van der Waals surface area contributed by atoms with Crippen LogP contribution in [0.15, 0.2) is 23.4 Å². The number of fused-ring (bicyclic) bond motifs is 4. The lowest BCUT2D eigenvalue weighted by Crippen LogP contribution is -2.71. The summed E-state index contributed by atoms with van der Waals surface area (Å²) < 4.78 is 9.96. The fourth-order valence-electron chi connectivity index (χ4n) is 5.75. The van der Waals surface area contributed by atoms with E-state index in [0.29, 0.717) is 37.1 Å². The molecule has 0 aliphatic carbocycles. The van der Waals surface area contributed by atoms with Crippen molar-refractivity contribution in [3.8, 4) is 0 Å². The predicted octanol–water partition coefficient (Wildman–Crippen LogP) is -1.15. The molecule has 38 heavy (non-hydrogen) atoms. The average molecular weight is 565 g/mol. The van der Waals surface area contributed by atoms with E-state index < -0.39 is 46.7 Å². The van der Waals surface area contributed by atoms with Crippen molar-refractivity contribution in [1.29, 1.82) is 0 Å². The van der Waals surface area contributed by atoms with Gasteiger partial charge in [-0.1, -0.05) is 6.08 Å². The Balaban J connectivity index is 1.25. The van der Waals surface area contributed by atoms with E-state index in [-0.39, 0.29) is 16.7 Å². The zero-order chi connectivity index (χ0) is 27.2. The highest BCUT2D eigenvalue weighted by molar-refractivity contribution is 8.00. The van der Waals surface area contributed by atoms with Crippen LogP contribution in [-0.4, -0.2) is 98.1 Å². The SMILES string of the molecule is COC(C(=O)N[C@@H]1C(=O)N2C(C(=O)[O-])=C(/C=C/C[N+]34CCC(C(=O)O)(CC3)CC4)CS[C@@H]12)c1nsc(N)n1. The number of hydrogen-bond acceptors (Lipinski definition) is 11. The number of anilines is 1. The number of carboxylic acids is 2. The second-order valence-electron chi connectivity index (χ2n) is 10.1. The maximum atomic E-state index is 13.0. The van der Waals surface area contributed by atoms with Crippen LogP contribution in [0.3, 0.4) is 0 Å². The van der Waals surface area contributed by atoms with Gasteiger partial charge in [0.2, 0.25) is 0 Å². The summed E-state index contributed by atoms with van der Waals surface area (Å²) in [5.41, 5.74) is 5.26. The molecule has 6 rings (SSSR count). The normalized spacial score (nSPS) is 31.2. The van der Waals surface area contributed by atoms with Crippen LogP contribution in [-0.2, 0) is 23.9 Å². The van der Waals surface area contributed by atoms with Gasteiger partial charge in [-0.2, -0.15) is 4.37 Å². The third kappa shape index (κ3) is 4.46. The minimum Gasteiger partial charge on any atom is -0.543 e. The molecule has 4 N–H and O–H groups in total. The minimum absolute atomic E-state index is 0.0811. The van der Waals surface area contributed by atoms with E-state index in [1.54, 1.807) is 6.08 Å². The number of nitrogen functional groups attached to an aromatic ring is 1. The highest BCUT2D eigenvalue weighted by atomic mass is 32.2. The first kappa shape index (κ1) is 26.6.